The summed E-state index contributed by atoms with van der Waals surface area (Å²) in [6, 6.07) is 8.41. The molecule has 1 aromatic carbocycles. The van der Waals surface area contributed by atoms with Crippen LogP contribution < -0.4 is 4.74 Å². The van der Waals surface area contributed by atoms with Gasteiger partial charge in [0.2, 0.25) is 11.8 Å². The Morgan fingerprint density at radius 3 is 2.59 bits per heavy atom. The molecule has 5 nitrogen and oxygen atoms in total. The van der Waals surface area contributed by atoms with Gasteiger partial charge in [0.1, 0.15) is 5.75 Å². The molecule has 2 amide bonds. The van der Waals surface area contributed by atoms with Crippen LogP contribution >= 0.6 is 0 Å². The summed E-state index contributed by atoms with van der Waals surface area (Å²) in [6.07, 6.45) is 9.08. The molecule has 1 saturated carbocycles. The number of carbonyl (C=O) groups excluding carboxylic acids is 2. The second-order valence-electron chi connectivity index (χ2n) is 9.03. The van der Waals surface area contributed by atoms with Gasteiger partial charge < -0.3 is 14.5 Å². The number of likely N-dealkylation sites (tertiary alicyclic amines) is 2. The first-order valence-corrected chi connectivity index (χ1v) is 11.3. The maximum absolute atomic E-state index is 12.8. The van der Waals surface area contributed by atoms with Gasteiger partial charge in [0.25, 0.3) is 0 Å². The first-order valence-electron chi connectivity index (χ1n) is 11.3. The molecule has 2 heterocycles. The fraction of sp³-hybridized carbons (Fsp3) is 0.667. The number of carbonyl (C=O) groups is 2. The van der Waals surface area contributed by atoms with Crippen LogP contribution in [-0.4, -0.2) is 54.4 Å². The summed E-state index contributed by atoms with van der Waals surface area (Å²) >= 11 is 0. The molecule has 0 spiro atoms. The quantitative estimate of drug-likeness (QED) is 0.735. The van der Waals surface area contributed by atoms with Crippen molar-refractivity contribution < 1.29 is 14.3 Å². The van der Waals surface area contributed by atoms with Crippen molar-refractivity contribution in [2.75, 3.05) is 26.7 Å². The van der Waals surface area contributed by atoms with E-state index in [-0.39, 0.29) is 5.91 Å². The van der Waals surface area contributed by atoms with Crippen LogP contribution in [0.15, 0.2) is 24.3 Å². The van der Waals surface area contributed by atoms with Crippen LogP contribution in [0.5, 0.6) is 5.75 Å². The average Bonchev–Trinajstić information content (AvgIpc) is 3.26. The minimum Gasteiger partial charge on any atom is -0.497 e. The van der Waals surface area contributed by atoms with Crippen molar-refractivity contribution in [3.05, 3.63) is 29.8 Å². The van der Waals surface area contributed by atoms with Crippen molar-refractivity contribution in [2.24, 2.45) is 11.8 Å². The summed E-state index contributed by atoms with van der Waals surface area (Å²) < 4.78 is 5.23. The molecule has 3 aliphatic rings. The van der Waals surface area contributed by atoms with Gasteiger partial charge in [-0.1, -0.05) is 25.0 Å². The van der Waals surface area contributed by atoms with Gasteiger partial charge in [-0.25, -0.2) is 0 Å². The lowest BCUT2D eigenvalue weighted by atomic mass is 9.83. The van der Waals surface area contributed by atoms with Gasteiger partial charge >= 0.3 is 0 Å². The molecular formula is C24H34N2O3. The number of fused-ring (bicyclic) bond motifs is 1. The molecule has 4 rings (SSSR count). The van der Waals surface area contributed by atoms with Gasteiger partial charge in [-0.15, -0.1) is 0 Å². The Hall–Kier alpha value is -2.04. The minimum absolute atomic E-state index is 0.283. The van der Waals surface area contributed by atoms with Crippen LogP contribution in [0.1, 0.15) is 56.9 Å². The highest BCUT2D eigenvalue weighted by Gasteiger charge is 2.40. The van der Waals surface area contributed by atoms with E-state index in [9.17, 15) is 9.59 Å². The molecule has 1 aliphatic carbocycles. The van der Waals surface area contributed by atoms with Crippen LogP contribution in [0.25, 0.3) is 0 Å². The normalized spacial score (nSPS) is 25.2. The monoisotopic (exact) mass is 398 g/mol. The highest BCUT2D eigenvalue weighted by Crippen LogP contribution is 2.33. The number of rotatable bonds is 6. The van der Waals surface area contributed by atoms with E-state index < -0.39 is 0 Å². The molecule has 1 aromatic rings. The van der Waals surface area contributed by atoms with E-state index in [4.69, 9.17) is 4.74 Å². The zero-order valence-corrected chi connectivity index (χ0v) is 17.6. The minimum atomic E-state index is 0.283. The van der Waals surface area contributed by atoms with Gasteiger partial charge in [-0.3, -0.25) is 9.59 Å². The van der Waals surface area contributed by atoms with E-state index in [1.54, 1.807) is 7.11 Å². The maximum Gasteiger partial charge on any atom is 0.222 e. The fourth-order valence-electron chi connectivity index (χ4n) is 5.50. The van der Waals surface area contributed by atoms with Gasteiger partial charge in [0.05, 0.1) is 7.11 Å². The number of hydrogen-bond donors (Lipinski definition) is 0. The Bertz CT molecular complexity index is 711. The Morgan fingerprint density at radius 2 is 1.86 bits per heavy atom. The first-order chi connectivity index (χ1) is 14.1. The van der Waals surface area contributed by atoms with Crippen molar-refractivity contribution in [1.82, 2.24) is 9.80 Å². The van der Waals surface area contributed by atoms with E-state index in [1.165, 1.54) is 31.2 Å². The van der Waals surface area contributed by atoms with Crippen molar-refractivity contribution in [3.63, 3.8) is 0 Å². The number of methoxy groups -OCH3 is 1. The third kappa shape index (κ3) is 4.76. The highest BCUT2D eigenvalue weighted by atomic mass is 16.5. The summed E-state index contributed by atoms with van der Waals surface area (Å²) in [6.45, 7) is 2.41. The summed E-state index contributed by atoms with van der Waals surface area (Å²) in [5, 5.41) is 0. The van der Waals surface area contributed by atoms with Crippen LogP contribution in [0.4, 0.5) is 0 Å². The Morgan fingerprint density at radius 1 is 1.10 bits per heavy atom. The second kappa shape index (κ2) is 9.19. The third-order valence-corrected chi connectivity index (χ3v) is 7.23. The Kier molecular flexibility index (Phi) is 6.41. The lowest BCUT2D eigenvalue weighted by Crippen LogP contribution is -2.57. The number of benzene rings is 1. The molecule has 0 unspecified atom stereocenters. The van der Waals surface area contributed by atoms with Crippen molar-refractivity contribution in [3.8, 4) is 5.75 Å². The lowest BCUT2D eigenvalue weighted by Gasteiger charge is -2.47. The zero-order valence-electron chi connectivity index (χ0n) is 17.6. The molecule has 2 atom stereocenters. The molecule has 0 aromatic heterocycles. The highest BCUT2D eigenvalue weighted by molar-refractivity contribution is 5.78. The number of ether oxygens (including phenoxy) is 1. The van der Waals surface area contributed by atoms with E-state index in [2.05, 4.69) is 21.9 Å². The summed E-state index contributed by atoms with van der Waals surface area (Å²) in [5.74, 6) is 2.53. The maximum atomic E-state index is 12.8. The average molecular weight is 399 g/mol. The molecule has 0 N–H and O–H groups in total. The van der Waals surface area contributed by atoms with Gasteiger partial charge in [0, 0.05) is 38.5 Å². The van der Waals surface area contributed by atoms with E-state index in [0.29, 0.717) is 30.2 Å². The Balaban J connectivity index is 1.33. The summed E-state index contributed by atoms with van der Waals surface area (Å²) in [5.41, 5.74) is 1.23. The molecule has 29 heavy (non-hydrogen) atoms. The Labute approximate surface area is 174 Å². The zero-order chi connectivity index (χ0) is 20.2. The number of amides is 2. The van der Waals surface area contributed by atoms with E-state index in [0.717, 1.165) is 51.1 Å². The van der Waals surface area contributed by atoms with Crippen LogP contribution in [-0.2, 0) is 16.0 Å². The molecule has 3 fully saturated rings. The lowest BCUT2D eigenvalue weighted by molar-refractivity contribution is -0.144. The van der Waals surface area contributed by atoms with Crippen LogP contribution in [0.2, 0.25) is 0 Å². The van der Waals surface area contributed by atoms with Gasteiger partial charge in [-0.05, 0) is 61.6 Å². The number of nitrogens with zero attached hydrogens (tertiary/aromatic N) is 2. The molecule has 158 valence electrons. The molecular weight excluding hydrogens is 364 g/mol. The second-order valence-corrected chi connectivity index (χ2v) is 9.03. The molecule has 2 saturated heterocycles. The van der Waals surface area contributed by atoms with E-state index in [1.807, 2.05) is 12.1 Å². The SMILES string of the molecule is COc1ccc(CCN2C(=O)CC[C@@H]3CN(C(=O)CC4CCCC4)CC[C@@H]32)cc1. The topological polar surface area (TPSA) is 49.9 Å². The van der Waals surface area contributed by atoms with Crippen molar-refractivity contribution in [1.29, 1.82) is 0 Å². The first kappa shape index (κ1) is 20.2. The van der Waals surface area contributed by atoms with Crippen molar-refractivity contribution >= 4 is 11.8 Å². The fourth-order valence-corrected chi connectivity index (χ4v) is 5.50. The summed E-state index contributed by atoms with van der Waals surface area (Å²) in [4.78, 5) is 29.6. The predicted molar refractivity (Wildman–Crippen MR) is 113 cm³/mol. The molecule has 5 heteroatoms. The molecule has 2 aliphatic heterocycles. The standard InChI is InChI=1S/C24H34N2O3/c1-29-21-9-6-18(7-10-21)12-15-26-22-13-14-25(17-20(22)8-11-23(26)27)24(28)16-19-4-2-3-5-19/h6-7,9-10,19-20,22H,2-5,8,11-17H2,1H3/t20-,22+/m1/s1. The van der Waals surface area contributed by atoms with Crippen molar-refractivity contribution in [2.45, 2.75) is 63.8 Å². The number of piperidine rings is 2. The third-order valence-electron chi connectivity index (χ3n) is 7.23. The van der Waals surface area contributed by atoms with Crippen LogP contribution in [0.3, 0.4) is 0 Å². The van der Waals surface area contributed by atoms with Gasteiger partial charge in [0.15, 0.2) is 0 Å². The van der Waals surface area contributed by atoms with Gasteiger partial charge in [-0.2, -0.15) is 0 Å². The largest absolute Gasteiger partial charge is 0.497 e. The molecule has 0 radical (unpaired) electrons. The smallest absolute Gasteiger partial charge is 0.222 e. The summed E-state index contributed by atoms with van der Waals surface area (Å²) in [7, 11) is 1.67. The number of hydrogen-bond acceptors (Lipinski definition) is 3. The van der Waals surface area contributed by atoms with Crippen LogP contribution in [0, 0.1) is 11.8 Å². The molecule has 0 bridgehead atoms. The predicted octanol–water partition coefficient (Wildman–Crippen LogP) is 3.66. The van der Waals surface area contributed by atoms with E-state index >= 15 is 0 Å².